The minimum Gasteiger partial charge on any atom is -0.504 e. The second kappa shape index (κ2) is 5.53. The molecule has 1 aromatic rings. The standard InChI is InChI=1S/C12H17O2/c1-2-3-4-5-7-10-8-6-9-11(13)12(10)14/h3,6,8-9,13-14H,2,4-5,7H2,1H3. The maximum absolute atomic E-state index is 9.49. The molecule has 0 aliphatic carbocycles. The van der Waals surface area contributed by atoms with Crippen molar-refractivity contribution in [2.75, 3.05) is 0 Å². The summed E-state index contributed by atoms with van der Waals surface area (Å²) < 4.78 is 0. The fraction of sp³-hybridized carbons (Fsp3) is 0.417. The molecule has 77 valence electrons. The number of hydrogen-bond donors (Lipinski definition) is 2. The average molecular weight is 193 g/mol. The summed E-state index contributed by atoms with van der Waals surface area (Å²) in [6.07, 6.45) is 6.21. The summed E-state index contributed by atoms with van der Waals surface area (Å²) >= 11 is 0. The quantitative estimate of drug-likeness (QED) is 0.557. The number of para-hydroxylation sites is 1. The molecule has 14 heavy (non-hydrogen) atoms. The van der Waals surface area contributed by atoms with Gasteiger partial charge in [0.15, 0.2) is 11.5 Å². The Balaban J connectivity index is 2.46. The summed E-state index contributed by atoms with van der Waals surface area (Å²) in [7, 11) is 0. The Labute approximate surface area is 85.2 Å². The molecule has 1 rings (SSSR count). The molecule has 0 saturated carbocycles. The fourth-order valence-electron chi connectivity index (χ4n) is 1.42. The van der Waals surface area contributed by atoms with Crippen molar-refractivity contribution in [1.29, 1.82) is 0 Å². The van der Waals surface area contributed by atoms with E-state index in [1.165, 1.54) is 6.07 Å². The second-order valence-corrected chi connectivity index (χ2v) is 3.37. The van der Waals surface area contributed by atoms with Crippen molar-refractivity contribution in [3.8, 4) is 11.5 Å². The van der Waals surface area contributed by atoms with Crippen LogP contribution in [0.25, 0.3) is 0 Å². The Morgan fingerprint density at radius 1 is 1.29 bits per heavy atom. The predicted octanol–water partition coefficient (Wildman–Crippen LogP) is 3.03. The first-order chi connectivity index (χ1) is 6.75. The van der Waals surface area contributed by atoms with Crippen molar-refractivity contribution in [1.82, 2.24) is 0 Å². The van der Waals surface area contributed by atoms with E-state index < -0.39 is 0 Å². The zero-order valence-electron chi connectivity index (χ0n) is 8.53. The Morgan fingerprint density at radius 3 is 2.79 bits per heavy atom. The summed E-state index contributed by atoms with van der Waals surface area (Å²) in [4.78, 5) is 0. The Bertz CT molecular complexity index is 282. The lowest BCUT2D eigenvalue weighted by Gasteiger charge is -2.05. The lowest BCUT2D eigenvalue weighted by atomic mass is 10.1. The molecule has 0 bridgehead atoms. The molecule has 0 spiro atoms. The molecule has 2 nitrogen and oxygen atoms in total. The van der Waals surface area contributed by atoms with Gasteiger partial charge in [0, 0.05) is 0 Å². The maximum Gasteiger partial charge on any atom is 0.160 e. The van der Waals surface area contributed by atoms with Crippen LogP contribution < -0.4 is 0 Å². The van der Waals surface area contributed by atoms with Crippen LogP contribution >= 0.6 is 0 Å². The molecule has 0 aliphatic rings. The molecule has 1 aromatic carbocycles. The lowest BCUT2D eigenvalue weighted by Crippen LogP contribution is -1.87. The normalized spacial score (nSPS) is 10.4. The molecule has 2 N–H and O–H groups in total. The van der Waals surface area contributed by atoms with Gasteiger partial charge in [-0.3, -0.25) is 0 Å². The van der Waals surface area contributed by atoms with Crippen LogP contribution in [-0.4, -0.2) is 10.2 Å². The average Bonchev–Trinajstić information content (AvgIpc) is 2.19. The van der Waals surface area contributed by atoms with Crippen LogP contribution in [-0.2, 0) is 6.42 Å². The highest BCUT2D eigenvalue weighted by atomic mass is 16.3. The van der Waals surface area contributed by atoms with E-state index in [-0.39, 0.29) is 11.5 Å². The van der Waals surface area contributed by atoms with E-state index in [0.717, 1.165) is 31.2 Å². The number of phenolic OH excluding ortho intramolecular Hbond substituents is 2. The van der Waals surface area contributed by atoms with Crippen LogP contribution in [0.3, 0.4) is 0 Å². The van der Waals surface area contributed by atoms with Gasteiger partial charge in [0.1, 0.15) is 0 Å². The van der Waals surface area contributed by atoms with E-state index in [9.17, 15) is 10.2 Å². The van der Waals surface area contributed by atoms with Crippen molar-refractivity contribution in [2.24, 2.45) is 0 Å². The third-order valence-corrected chi connectivity index (χ3v) is 2.24. The first kappa shape index (κ1) is 10.9. The number of aromatic hydroxyl groups is 2. The number of hydrogen-bond acceptors (Lipinski definition) is 2. The number of unbranched alkanes of at least 4 members (excludes halogenated alkanes) is 3. The molecule has 2 heteroatoms. The minimum atomic E-state index is -0.0260. The molecule has 0 unspecified atom stereocenters. The summed E-state index contributed by atoms with van der Waals surface area (Å²) in [5.41, 5.74) is 0.828. The van der Waals surface area contributed by atoms with Crippen molar-refractivity contribution < 1.29 is 10.2 Å². The molecule has 0 atom stereocenters. The van der Waals surface area contributed by atoms with Gasteiger partial charge in [-0.05, 0) is 37.3 Å². The van der Waals surface area contributed by atoms with Gasteiger partial charge in [0.05, 0.1) is 0 Å². The molecule has 0 amide bonds. The molecular weight excluding hydrogens is 176 g/mol. The third kappa shape index (κ3) is 2.95. The topological polar surface area (TPSA) is 40.5 Å². The Morgan fingerprint density at radius 2 is 2.07 bits per heavy atom. The zero-order valence-corrected chi connectivity index (χ0v) is 8.53. The highest BCUT2D eigenvalue weighted by Gasteiger charge is 2.04. The van der Waals surface area contributed by atoms with Crippen molar-refractivity contribution in [3.05, 3.63) is 30.2 Å². The number of benzene rings is 1. The van der Waals surface area contributed by atoms with Gasteiger partial charge in [0.2, 0.25) is 0 Å². The molecular formula is C12H17O2. The predicted molar refractivity (Wildman–Crippen MR) is 57.3 cm³/mol. The summed E-state index contributed by atoms with van der Waals surface area (Å²) in [6, 6.07) is 5.10. The maximum atomic E-state index is 9.49. The lowest BCUT2D eigenvalue weighted by molar-refractivity contribution is 0.399. The van der Waals surface area contributed by atoms with E-state index in [2.05, 4.69) is 13.3 Å². The van der Waals surface area contributed by atoms with Gasteiger partial charge >= 0.3 is 0 Å². The van der Waals surface area contributed by atoms with Crippen molar-refractivity contribution in [3.63, 3.8) is 0 Å². The van der Waals surface area contributed by atoms with Gasteiger partial charge in [-0.1, -0.05) is 25.5 Å². The largest absolute Gasteiger partial charge is 0.504 e. The number of phenols is 2. The van der Waals surface area contributed by atoms with Gasteiger partial charge in [-0.15, -0.1) is 0 Å². The van der Waals surface area contributed by atoms with Crippen LogP contribution in [0, 0.1) is 6.42 Å². The van der Waals surface area contributed by atoms with E-state index in [0.29, 0.717) is 0 Å². The second-order valence-electron chi connectivity index (χ2n) is 3.37. The summed E-state index contributed by atoms with van der Waals surface area (Å²) in [5.74, 6) is 0.00553. The number of aryl methyl sites for hydroxylation is 1. The summed E-state index contributed by atoms with van der Waals surface area (Å²) in [5, 5.41) is 18.7. The van der Waals surface area contributed by atoms with E-state index >= 15 is 0 Å². The first-order valence-electron chi connectivity index (χ1n) is 5.07. The van der Waals surface area contributed by atoms with E-state index in [4.69, 9.17) is 0 Å². The highest BCUT2D eigenvalue weighted by molar-refractivity contribution is 5.44. The van der Waals surface area contributed by atoms with Crippen LogP contribution in [0.1, 0.15) is 31.7 Å². The van der Waals surface area contributed by atoms with Crippen molar-refractivity contribution >= 4 is 0 Å². The van der Waals surface area contributed by atoms with Crippen molar-refractivity contribution in [2.45, 2.75) is 32.6 Å². The molecule has 0 fully saturated rings. The first-order valence-corrected chi connectivity index (χ1v) is 5.07. The molecule has 1 radical (unpaired) electrons. The third-order valence-electron chi connectivity index (χ3n) is 2.24. The highest BCUT2D eigenvalue weighted by Crippen LogP contribution is 2.29. The molecule has 0 aliphatic heterocycles. The van der Waals surface area contributed by atoms with Gasteiger partial charge in [-0.2, -0.15) is 0 Å². The molecule has 0 saturated heterocycles. The van der Waals surface area contributed by atoms with Gasteiger partial charge in [0.25, 0.3) is 0 Å². The SMILES string of the molecule is CC[CH]CCCc1cccc(O)c1O. The number of rotatable bonds is 5. The van der Waals surface area contributed by atoms with Gasteiger partial charge < -0.3 is 10.2 Å². The van der Waals surface area contributed by atoms with Crippen LogP contribution in [0.5, 0.6) is 11.5 Å². The monoisotopic (exact) mass is 193 g/mol. The smallest absolute Gasteiger partial charge is 0.160 e. The van der Waals surface area contributed by atoms with E-state index in [1.54, 1.807) is 6.07 Å². The fourth-order valence-corrected chi connectivity index (χ4v) is 1.42. The summed E-state index contributed by atoms with van der Waals surface area (Å²) in [6.45, 7) is 2.12. The minimum absolute atomic E-state index is 0.0260. The van der Waals surface area contributed by atoms with E-state index in [1.807, 2.05) is 6.07 Å². The van der Waals surface area contributed by atoms with Crippen LogP contribution in [0.4, 0.5) is 0 Å². The van der Waals surface area contributed by atoms with Crippen LogP contribution in [0.15, 0.2) is 18.2 Å². The van der Waals surface area contributed by atoms with Gasteiger partial charge in [-0.25, -0.2) is 0 Å². The Hall–Kier alpha value is -1.18. The zero-order chi connectivity index (χ0) is 10.4. The Kier molecular flexibility index (Phi) is 4.30. The molecule has 0 aromatic heterocycles. The van der Waals surface area contributed by atoms with Crippen LogP contribution in [0.2, 0.25) is 0 Å². The molecule has 0 heterocycles.